The molecule has 3 aromatic heterocycles. The quantitative estimate of drug-likeness (QED) is 0.0223. The van der Waals surface area contributed by atoms with Gasteiger partial charge in [-0.3, -0.25) is 19.2 Å². The van der Waals surface area contributed by atoms with Gasteiger partial charge in [0.1, 0.15) is 47.1 Å². The Hall–Kier alpha value is -12.5. The molecular weight excluding hydrogens is 1710 g/mol. The second-order valence-corrected chi connectivity index (χ2v) is 39.8. The predicted octanol–water partition coefficient (Wildman–Crippen LogP) is 16.6. The van der Waals surface area contributed by atoms with Crippen LogP contribution >= 0.6 is 0 Å². The van der Waals surface area contributed by atoms with Gasteiger partial charge in [-0.2, -0.15) is 0 Å². The highest BCUT2D eigenvalue weighted by molar-refractivity contribution is 7.90. The standard InChI is InChI=1S/C27H28FNO.C26H26FN3O3S.C25H24FN3O4S.C24H22FN3O3S/c1-3-5-6-7-11-22-18-24-23-12-9-8-10-20(23)17-25(24)27(29(22)26(30)4-2)19-13-15-21(28)16-14-19;1-3-7-17-14-21-19-8-5-6-9-23(19)28-25(21)26(30(17)24(31)4-2)20-13-12-18(15-22(20)27)34(32,33)29-16-10-11-16;1-4-23(30)29-14(2)11-20-19-12-16(33-3)7-10-22(19)27-24(20)25(29)18-9-8-17(13-21(18)26)34(31,32)28-15-5-6-15;1-3-22(29)28-14(2)12-19-17-6-4-5-7-21(17)26-23(19)24(28)18-11-10-16(13-20(18)25)32(30,31)27-15-8-9-15/h2,8-10,12-16,22,27H,3,5-7,11,17-18H2,1H3;2,5-6,8-9,12-13,15-17,26,28-29H,3,7,10-11,14H2,1H3;1,7-10,12-15,25,27-28H,5-6,11H2,2-3H3;1,4-7,10-11,13-15,24,26-27H,8-9,12H2,2H3/t22-,27-;17-,26-;14-,25-;14-,24-/m0000/s1. The zero-order valence-electron chi connectivity index (χ0n) is 72.6. The van der Waals surface area contributed by atoms with Crippen molar-refractivity contribution in [3.63, 3.8) is 0 Å². The Bertz CT molecular complexity index is 6890. The van der Waals surface area contributed by atoms with Gasteiger partial charge in [-0.05, 0) is 244 Å². The van der Waals surface area contributed by atoms with Crippen molar-refractivity contribution in [2.24, 2.45) is 0 Å². The Morgan fingerprint density at radius 2 is 0.846 bits per heavy atom. The van der Waals surface area contributed by atoms with E-state index in [0.717, 1.165) is 150 Å². The van der Waals surface area contributed by atoms with E-state index in [9.17, 15) is 48.8 Å². The fourth-order valence-electron chi connectivity index (χ4n) is 19.3. The highest BCUT2D eigenvalue weighted by Crippen LogP contribution is 2.52. The lowest BCUT2D eigenvalue weighted by molar-refractivity contribution is -0.130. The maximum absolute atomic E-state index is 15.6. The number of sulfonamides is 3. The molecule has 0 radical (unpaired) electrons. The lowest BCUT2D eigenvalue weighted by Crippen LogP contribution is -2.47. The number of terminal acetylenes is 4. The van der Waals surface area contributed by atoms with Crippen molar-refractivity contribution in [3.05, 3.63) is 266 Å². The number of unbranched alkanes of at least 4 members (excludes halogenated alkanes) is 3. The lowest BCUT2D eigenvalue weighted by Gasteiger charge is -2.43. The number of para-hydroxylation sites is 2. The molecule has 7 heterocycles. The number of benzene rings is 8. The van der Waals surface area contributed by atoms with E-state index in [1.165, 1.54) is 93.4 Å². The van der Waals surface area contributed by atoms with Gasteiger partial charge in [0, 0.05) is 109 Å². The van der Waals surface area contributed by atoms with E-state index < -0.39 is 83.4 Å². The zero-order chi connectivity index (χ0) is 91.9. The topological polar surface area (TPSA) is 276 Å². The molecule has 670 valence electrons. The van der Waals surface area contributed by atoms with Crippen LogP contribution in [0.3, 0.4) is 0 Å². The molecule has 130 heavy (non-hydrogen) atoms. The van der Waals surface area contributed by atoms with Crippen LogP contribution in [0.4, 0.5) is 17.6 Å². The van der Waals surface area contributed by atoms with E-state index in [2.05, 4.69) is 84.0 Å². The molecule has 28 heteroatoms. The monoisotopic (exact) mass is 1810 g/mol. The van der Waals surface area contributed by atoms with E-state index >= 15 is 13.2 Å². The van der Waals surface area contributed by atoms with Gasteiger partial charge in [-0.1, -0.05) is 137 Å². The maximum atomic E-state index is 15.6. The van der Waals surface area contributed by atoms with Crippen LogP contribution in [0.2, 0.25) is 0 Å². The third kappa shape index (κ3) is 18.3. The highest BCUT2D eigenvalue weighted by atomic mass is 32.2. The molecule has 3 fully saturated rings. The van der Waals surface area contributed by atoms with Gasteiger partial charge in [-0.15, -0.1) is 25.7 Å². The first-order chi connectivity index (χ1) is 62.5. The van der Waals surface area contributed by atoms with Crippen LogP contribution in [0.15, 0.2) is 190 Å². The minimum Gasteiger partial charge on any atom is -0.497 e. The third-order valence-electron chi connectivity index (χ3n) is 25.9. The molecule has 11 aromatic rings. The number of aromatic nitrogens is 3. The van der Waals surface area contributed by atoms with Crippen molar-refractivity contribution in [1.82, 2.24) is 48.7 Å². The number of methoxy groups -OCH3 is 1. The SMILES string of the molecule is C#CC(=O)N1[C@@H](CCC)Cc2c([nH]c3ccccc23)[C@@H]1c1ccc(S(=O)(=O)NC2CC2)cc1F.C#CC(=O)N1[C@@H](CCCCCC)CC2=C(Cc3ccccc32)[C@@H]1c1ccc(F)cc1.C#CC(=O)N1[C@@H](c2ccc(S(=O)(=O)NC3CC3)cc2F)c2[nH]c3ccc(OC)cc3c2C[C@@H]1C.C#CC(=O)N1[C@@H](c2ccc(S(=O)(=O)NC3CC3)cc2F)c2[nH]c3ccccc3c2C[C@@H]1C. The number of carbonyl (C=O) groups excluding carboxylic acids is 4. The summed E-state index contributed by atoms with van der Waals surface area (Å²) in [4.78, 5) is 67.5. The Morgan fingerprint density at radius 3 is 1.28 bits per heavy atom. The molecule has 6 N–H and O–H groups in total. The Balaban J connectivity index is 0.000000127. The fourth-order valence-corrected chi connectivity index (χ4v) is 23.3. The largest absolute Gasteiger partial charge is 0.497 e. The molecule has 3 saturated carbocycles. The number of aromatic amines is 3. The van der Waals surface area contributed by atoms with Crippen molar-refractivity contribution in [1.29, 1.82) is 0 Å². The molecule has 21 nitrogen and oxygen atoms in total. The van der Waals surface area contributed by atoms with Gasteiger partial charge in [0.15, 0.2) is 0 Å². The second-order valence-electron chi connectivity index (χ2n) is 34.7. The summed E-state index contributed by atoms with van der Waals surface area (Å²) in [5.74, 6) is 5.29. The minimum atomic E-state index is -3.83. The number of nitrogens with zero attached hydrogens (tertiary/aromatic N) is 4. The molecule has 4 aliphatic carbocycles. The van der Waals surface area contributed by atoms with Crippen molar-refractivity contribution in [2.75, 3.05) is 7.11 Å². The number of halogens is 4. The molecule has 4 amide bonds. The molecule has 19 rings (SSSR count). The van der Waals surface area contributed by atoms with Gasteiger partial charge in [0.2, 0.25) is 30.1 Å². The predicted molar refractivity (Wildman–Crippen MR) is 491 cm³/mol. The normalized spacial score (nSPS) is 20.3. The van der Waals surface area contributed by atoms with Gasteiger partial charge in [0.05, 0.1) is 27.8 Å². The Labute approximate surface area is 755 Å². The molecule has 0 bridgehead atoms. The van der Waals surface area contributed by atoms with E-state index in [1.54, 1.807) is 24.1 Å². The van der Waals surface area contributed by atoms with Crippen LogP contribution in [-0.4, -0.2) is 133 Å². The molecule has 0 unspecified atom stereocenters. The summed E-state index contributed by atoms with van der Waals surface area (Å²) in [6, 6.07) is 44.1. The van der Waals surface area contributed by atoms with Gasteiger partial charge in [0.25, 0.3) is 23.6 Å². The van der Waals surface area contributed by atoms with E-state index in [4.69, 9.17) is 30.4 Å². The Morgan fingerprint density at radius 1 is 0.438 bits per heavy atom. The molecule has 8 aromatic carbocycles. The smallest absolute Gasteiger partial charge is 0.299 e. The third-order valence-corrected chi connectivity index (χ3v) is 30.4. The van der Waals surface area contributed by atoms with E-state index in [-0.39, 0.29) is 91.4 Å². The van der Waals surface area contributed by atoms with Gasteiger partial charge >= 0.3 is 0 Å². The first-order valence-corrected chi connectivity index (χ1v) is 48.5. The van der Waals surface area contributed by atoms with Crippen LogP contribution in [-0.2, 0) is 74.9 Å². The van der Waals surface area contributed by atoms with Crippen LogP contribution in [0, 0.1) is 72.6 Å². The van der Waals surface area contributed by atoms with Crippen LogP contribution in [0.1, 0.15) is 209 Å². The number of ether oxygens (including phenoxy) is 1. The molecular formula is C102H100F4N10O11S3. The summed E-state index contributed by atoms with van der Waals surface area (Å²) in [5.41, 5.74) is 14.3. The summed E-state index contributed by atoms with van der Waals surface area (Å²) in [7, 11) is -9.86. The number of rotatable bonds is 21. The number of fused-ring (bicyclic) bond motifs is 11. The van der Waals surface area contributed by atoms with Crippen molar-refractivity contribution in [2.45, 2.75) is 224 Å². The maximum Gasteiger partial charge on any atom is 0.299 e. The highest BCUT2D eigenvalue weighted by Gasteiger charge is 2.47. The first kappa shape index (κ1) is 90.8. The number of carbonyl (C=O) groups is 4. The van der Waals surface area contributed by atoms with Crippen LogP contribution < -0.4 is 18.9 Å². The lowest BCUT2D eigenvalue weighted by atomic mass is 9.83. The number of amides is 4. The summed E-state index contributed by atoms with van der Waals surface area (Å²) in [6.07, 6.45) is 37.2. The second kappa shape index (κ2) is 37.5. The fraction of sp³-hybridized carbons (Fsp3) is 0.333. The van der Waals surface area contributed by atoms with Crippen molar-refractivity contribution < 1.29 is 66.7 Å². The first-order valence-electron chi connectivity index (χ1n) is 44.0. The van der Waals surface area contributed by atoms with Crippen LogP contribution in [0.25, 0.3) is 38.3 Å². The molecule has 0 saturated heterocycles. The number of H-pyrrole nitrogens is 3. The summed E-state index contributed by atoms with van der Waals surface area (Å²) >= 11 is 0. The van der Waals surface area contributed by atoms with E-state index in [1.807, 2.05) is 92.4 Å². The average Bonchev–Trinajstić information content (AvgIpc) is 1.58. The number of nitrogens with one attached hydrogen (secondary N) is 6. The van der Waals surface area contributed by atoms with Gasteiger partial charge < -0.3 is 39.3 Å². The van der Waals surface area contributed by atoms with Gasteiger partial charge in [-0.25, -0.2) is 57.0 Å². The summed E-state index contributed by atoms with van der Waals surface area (Å²) in [6.45, 7) is 7.97. The minimum absolute atomic E-state index is 0.0605. The van der Waals surface area contributed by atoms with Crippen LogP contribution in [0.5, 0.6) is 5.75 Å². The van der Waals surface area contributed by atoms with Crippen molar-refractivity contribution >= 4 is 92.0 Å². The molecule has 8 aliphatic rings. The summed E-state index contributed by atoms with van der Waals surface area (Å²) < 4.78 is 149. The van der Waals surface area contributed by atoms with E-state index in [0.29, 0.717) is 48.5 Å². The molecule has 4 aliphatic heterocycles. The molecule has 8 atom stereocenters. The zero-order valence-corrected chi connectivity index (χ0v) is 75.0. The Kier molecular flexibility index (Phi) is 26.2. The average molecular weight is 1810 g/mol. The van der Waals surface area contributed by atoms with Crippen molar-refractivity contribution in [3.8, 4) is 55.1 Å². The number of hydrogen-bond donors (Lipinski definition) is 6. The number of hydrogen-bond acceptors (Lipinski definition) is 11. The molecule has 0 spiro atoms. The summed E-state index contributed by atoms with van der Waals surface area (Å²) in [5, 5.41) is 2.97.